The highest BCUT2D eigenvalue weighted by atomic mass is 79.9. The molecule has 2 aromatic carbocycles. The minimum Gasteiger partial charge on any atom is -0.485 e. The molecular formula is C15H12Br2ClNO. The van der Waals surface area contributed by atoms with Gasteiger partial charge >= 0.3 is 0 Å². The summed E-state index contributed by atoms with van der Waals surface area (Å²) in [6, 6.07) is 11.7. The van der Waals surface area contributed by atoms with E-state index in [1.165, 1.54) is 0 Å². The molecule has 5 heteroatoms. The van der Waals surface area contributed by atoms with Crippen molar-refractivity contribution >= 4 is 43.5 Å². The van der Waals surface area contributed by atoms with Gasteiger partial charge in [-0.15, -0.1) is 0 Å². The van der Waals surface area contributed by atoms with Crippen molar-refractivity contribution in [2.24, 2.45) is 5.73 Å². The minimum absolute atomic E-state index is 0.0492. The van der Waals surface area contributed by atoms with Crippen LogP contribution in [0.3, 0.4) is 0 Å². The van der Waals surface area contributed by atoms with Crippen molar-refractivity contribution in [2.75, 3.05) is 0 Å². The molecule has 2 atom stereocenters. The summed E-state index contributed by atoms with van der Waals surface area (Å²) in [6.45, 7) is 0. The van der Waals surface area contributed by atoms with Crippen LogP contribution in [0.1, 0.15) is 29.7 Å². The number of fused-ring (bicyclic) bond motifs is 1. The van der Waals surface area contributed by atoms with Crippen LogP contribution in [0, 0.1) is 0 Å². The van der Waals surface area contributed by atoms with Crippen LogP contribution in [0.4, 0.5) is 0 Å². The van der Waals surface area contributed by atoms with Gasteiger partial charge in [0.1, 0.15) is 11.9 Å². The summed E-state index contributed by atoms with van der Waals surface area (Å²) >= 11 is 13.2. The molecule has 1 aliphatic heterocycles. The van der Waals surface area contributed by atoms with E-state index in [2.05, 4.69) is 31.9 Å². The van der Waals surface area contributed by atoms with Gasteiger partial charge in [-0.05, 0) is 30.3 Å². The summed E-state index contributed by atoms with van der Waals surface area (Å²) in [5.74, 6) is 0.819. The Morgan fingerprint density at radius 1 is 1.05 bits per heavy atom. The van der Waals surface area contributed by atoms with Gasteiger partial charge in [0.15, 0.2) is 0 Å². The van der Waals surface area contributed by atoms with Gasteiger partial charge in [0.25, 0.3) is 0 Å². The molecule has 0 saturated carbocycles. The molecule has 2 nitrogen and oxygen atoms in total. The molecule has 3 rings (SSSR count). The number of halogens is 3. The van der Waals surface area contributed by atoms with E-state index < -0.39 is 0 Å². The molecule has 20 heavy (non-hydrogen) atoms. The minimum atomic E-state index is -0.128. The van der Waals surface area contributed by atoms with E-state index in [0.29, 0.717) is 11.4 Å². The highest BCUT2D eigenvalue weighted by Crippen LogP contribution is 2.42. The van der Waals surface area contributed by atoms with Gasteiger partial charge in [0, 0.05) is 37.6 Å². The summed E-state index contributed by atoms with van der Waals surface area (Å²) in [5, 5.41) is 0.698. The Morgan fingerprint density at radius 2 is 1.75 bits per heavy atom. The molecule has 2 N–H and O–H groups in total. The number of hydrogen-bond acceptors (Lipinski definition) is 2. The Kier molecular flexibility index (Phi) is 4.09. The van der Waals surface area contributed by atoms with Crippen molar-refractivity contribution in [1.82, 2.24) is 0 Å². The van der Waals surface area contributed by atoms with Crippen LogP contribution < -0.4 is 10.5 Å². The lowest BCUT2D eigenvalue weighted by atomic mass is 9.93. The molecule has 0 saturated heterocycles. The molecule has 0 amide bonds. The zero-order chi connectivity index (χ0) is 14.3. The SMILES string of the molecule is N[C@H]1CC(c2cc(Br)ccc2Cl)Oc2cc(Br)ccc21. The molecule has 0 radical (unpaired) electrons. The maximum atomic E-state index is 6.28. The Bertz CT molecular complexity index is 662. The molecular weight excluding hydrogens is 405 g/mol. The second-order valence-electron chi connectivity index (χ2n) is 4.80. The number of rotatable bonds is 1. The number of nitrogens with two attached hydrogens (primary N) is 1. The molecule has 1 unspecified atom stereocenters. The van der Waals surface area contributed by atoms with Gasteiger partial charge in [-0.1, -0.05) is 49.5 Å². The van der Waals surface area contributed by atoms with E-state index in [1.54, 1.807) is 0 Å². The Morgan fingerprint density at radius 3 is 2.55 bits per heavy atom. The molecule has 0 spiro atoms. The van der Waals surface area contributed by atoms with E-state index in [9.17, 15) is 0 Å². The molecule has 1 heterocycles. The smallest absolute Gasteiger partial charge is 0.127 e. The second kappa shape index (κ2) is 5.68. The van der Waals surface area contributed by atoms with Gasteiger partial charge < -0.3 is 10.5 Å². The van der Waals surface area contributed by atoms with Crippen LogP contribution in [0.2, 0.25) is 5.02 Å². The van der Waals surface area contributed by atoms with Crippen molar-refractivity contribution in [3.63, 3.8) is 0 Å². The number of benzene rings is 2. The number of ether oxygens (including phenoxy) is 1. The van der Waals surface area contributed by atoms with Crippen LogP contribution in [-0.4, -0.2) is 0 Å². The lowest BCUT2D eigenvalue weighted by Crippen LogP contribution is -2.24. The average molecular weight is 418 g/mol. The van der Waals surface area contributed by atoms with Crippen LogP contribution in [0.25, 0.3) is 0 Å². The van der Waals surface area contributed by atoms with Crippen molar-refractivity contribution in [3.05, 3.63) is 61.5 Å². The quantitative estimate of drug-likeness (QED) is 0.675. The maximum Gasteiger partial charge on any atom is 0.127 e. The fraction of sp³-hybridized carbons (Fsp3) is 0.200. The standard InChI is InChI=1S/C15H12Br2ClNO/c16-8-2-4-12(18)11(5-8)15-7-13(19)10-3-1-9(17)6-14(10)20-15/h1-6,13,15H,7,19H2/t13-,15?/m0/s1. The van der Waals surface area contributed by atoms with E-state index >= 15 is 0 Å². The molecule has 0 aliphatic carbocycles. The van der Waals surface area contributed by atoms with Gasteiger partial charge in [-0.2, -0.15) is 0 Å². The molecule has 0 fully saturated rings. The van der Waals surface area contributed by atoms with Crippen LogP contribution in [0.5, 0.6) is 5.75 Å². The van der Waals surface area contributed by atoms with Crippen LogP contribution >= 0.6 is 43.5 Å². The number of hydrogen-bond donors (Lipinski definition) is 1. The summed E-state index contributed by atoms with van der Waals surface area (Å²) in [5.41, 5.74) is 8.26. The van der Waals surface area contributed by atoms with Crippen molar-refractivity contribution in [2.45, 2.75) is 18.6 Å². The third-order valence-electron chi connectivity index (χ3n) is 3.42. The van der Waals surface area contributed by atoms with Crippen molar-refractivity contribution in [3.8, 4) is 5.75 Å². The first-order valence-electron chi connectivity index (χ1n) is 6.21. The highest BCUT2D eigenvalue weighted by molar-refractivity contribution is 9.10. The van der Waals surface area contributed by atoms with Gasteiger partial charge in [0.05, 0.1) is 0 Å². The first kappa shape index (κ1) is 14.4. The zero-order valence-electron chi connectivity index (χ0n) is 10.4. The third-order valence-corrected chi connectivity index (χ3v) is 4.75. The van der Waals surface area contributed by atoms with E-state index in [1.807, 2.05) is 36.4 Å². The molecule has 104 valence electrons. The molecule has 0 bridgehead atoms. The van der Waals surface area contributed by atoms with Gasteiger partial charge in [-0.25, -0.2) is 0 Å². The monoisotopic (exact) mass is 415 g/mol. The Hall–Kier alpha value is -0.550. The van der Waals surface area contributed by atoms with E-state index in [-0.39, 0.29) is 12.1 Å². The summed E-state index contributed by atoms with van der Waals surface area (Å²) in [4.78, 5) is 0. The average Bonchev–Trinajstić information content (AvgIpc) is 2.41. The first-order valence-corrected chi connectivity index (χ1v) is 8.17. The fourth-order valence-electron chi connectivity index (χ4n) is 2.43. The molecule has 0 aromatic heterocycles. The molecule has 2 aromatic rings. The van der Waals surface area contributed by atoms with E-state index in [0.717, 1.165) is 25.8 Å². The predicted octanol–water partition coefficient (Wildman–Crippen LogP) is 5.39. The maximum absolute atomic E-state index is 6.28. The summed E-state index contributed by atoms with van der Waals surface area (Å²) in [7, 11) is 0. The van der Waals surface area contributed by atoms with Crippen molar-refractivity contribution < 1.29 is 4.74 Å². The Labute approximate surface area is 139 Å². The van der Waals surface area contributed by atoms with Crippen molar-refractivity contribution in [1.29, 1.82) is 0 Å². The second-order valence-corrected chi connectivity index (χ2v) is 7.04. The topological polar surface area (TPSA) is 35.2 Å². The zero-order valence-corrected chi connectivity index (χ0v) is 14.4. The fourth-order valence-corrected chi connectivity index (χ4v) is 3.39. The summed E-state index contributed by atoms with van der Waals surface area (Å²) < 4.78 is 8.05. The van der Waals surface area contributed by atoms with Crippen LogP contribution in [0.15, 0.2) is 45.3 Å². The predicted molar refractivity (Wildman–Crippen MR) is 88.2 cm³/mol. The van der Waals surface area contributed by atoms with Crippen LogP contribution in [-0.2, 0) is 0 Å². The lowest BCUT2D eigenvalue weighted by Gasteiger charge is -2.31. The van der Waals surface area contributed by atoms with Gasteiger partial charge in [-0.3, -0.25) is 0 Å². The van der Waals surface area contributed by atoms with E-state index in [4.69, 9.17) is 22.1 Å². The molecule has 1 aliphatic rings. The third kappa shape index (κ3) is 2.75. The highest BCUT2D eigenvalue weighted by Gasteiger charge is 2.28. The normalized spacial score (nSPS) is 21.2. The lowest BCUT2D eigenvalue weighted by molar-refractivity contribution is 0.161. The first-order chi connectivity index (χ1) is 9.54. The largest absolute Gasteiger partial charge is 0.485 e. The van der Waals surface area contributed by atoms with Gasteiger partial charge in [0.2, 0.25) is 0 Å². The summed E-state index contributed by atoms with van der Waals surface area (Å²) in [6.07, 6.45) is 0.585. The Balaban J connectivity index is 2.00.